The minimum Gasteiger partial charge on any atom is -0.493 e. The van der Waals surface area contributed by atoms with Crippen molar-refractivity contribution in [3.05, 3.63) is 35.4 Å². The van der Waals surface area contributed by atoms with Gasteiger partial charge in [-0.25, -0.2) is 0 Å². The number of ether oxygens (including phenoxy) is 6. The van der Waals surface area contributed by atoms with Gasteiger partial charge in [-0.1, -0.05) is 0 Å². The smallest absolute Gasteiger partial charge is 0.203 e. The third kappa shape index (κ3) is 5.14. The van der Waals surface area contributed by atoms with Crippen LogP contribution in [0, 0.1) is 0 Å². The van der Waals surface area contributed by atoms with Crippen LogP contribution >= 0.6 is 0 Å². The minimum absolute atomic E-state index is 0.140. The third-order valence-corrected chi connectivity index (χ3v) is 5.71. The Balaban J connectivity index is 2.38. The molecule has 0 bridgehead atoms. The molecule has 0 aromatic heterocycles. The Morgan fingerprint density at radius 3 is 0.969 bits per heavy atom. The average molecular weight is 451 g/mol. The predicted molar refractivity (Wildman–Crippen MR) is 121 cm³/mol. The number of aliphatic hydroxyl groups is 2. The average Bonchev–Trinajstić information content (AvgIpc) is 2.76. The van der Waals surface area contributed by atoms with Crippen LogP contribution in [-0.2, 0) is 12.8 Å². The zero-order chi connectivity index (χ0) is 24.1. The van der Waals surface area contributed by atoms with Crippen molar-refractivity contribution in [3.8, 4) is 34.5 Å². The van der Waals surface area contributed by atoms with E-state index in [2.05, 4.69) is 0 Å². The molecule has 8 nitrogen and oxygen atoms in total. The van der Waals surface area contributed by atoms with Crippen LogP contribution in [0.1, 0.15) is 25.0 Å². The molecule has 2 N–H and O–H groups in total. The molecule has 0 saturated heterocycles. The summed E-state index contributed by atoms with van der Waals surface area (Å²) in [6.07, 6.45) is 0.280. The van der Waals surface area contributed by atoms with Gasteiger partial charge < -0.3 is 38.6 Å². The quantitative estimate of drug-likeness (QED) is 0.539. The van der Waals surface area contributed by atoms with Gasteiger partial charge in [-0.05, 0) is 49.2 Å². The maximum absolute atomic E-state index is 11.3. The summed E-state index contributed by atoms with van der Waals surface area (Å²) < 4.78 is 32.3. The Morgan fingerprint density at radius 1 is 0.531 bits per heavy atom. The Morgan fingerprint density at radius 2 is 0.781 bits per heavy atom. The lowest BCUT2D eigenvalue weighted by molar-refractivity contribution is -0.129. The summed E-state index contributed by atoms with van der Waals surface area (Å²) in [4.78, 5) is 0. The van der Waals surface area contributed by atoms with Crippen molar-refractivity contribution in [2.45, 2.75) is 37.9 Å². The number of benzene rings is 2. The first-order valence-electron chi connectivity index (χ1n) is 10.1. The lowest BCUT2D eigenvalue weighted by Crippen LogP contribution is -2.53. The third-order valence-electron chi connectivity index (χ3n) is 5.71. The Labute approximate surface area is 189 Å². The number of hydrogen-bond acceptors (Lipinski definition) is 8. The second-order valence-electron chi connectivity index (χ2n) is 7.97. The first kappa shape index (κ1) is 25.4. The van der Waals surface area contributed by atoms with Gasteiger partial charge in [-0.15, -0.1) is 0 Å². The molecule has 0 radical (unpaired) electrons. The summed E-state index contributed by atoms with van der Waals surface area (Å²) in [6.45, 7) is 3.18. The van der Waals surface area contributed by atoms with Crippen LogP contribution in [0.15, 0.2) is 24.3 Å². The van der Waals surface area contributed by atoms with Crippen molar-refractivity contribution < 1.29 is 38.6 Å². The molecule has 0 spiro atoms. The second-order valence-corrected chi connectivity index (χ2v) is 7.97. The molecule has 2 aromatic carbocycles. The SMILES string of the molecule is COc1cc(C[C@@](C)(O)[C@](C)(O)Cc2cc(OC)c(OC)c(OC)c2)cc(OC)c1OC. The Bertz CT molecular complexity index is 795. The Kier molecular flexibility index (Phi) is 8.09. The summed E-state index contributed by atoms with van der Waals surface area (Å²) in [5.41, 5.74) is -1.57. The van der Waals surface area contributed by atoms with Crippen LogP contribution in [0.25, 0.3) is 0 Å². The van der Waals surface area contributed by atoms with Crippen LogP contribution in [0.3, 0.4) is 0 Å². The maximum atomic E-state index is 11.3. The molecule has 32 heavy (non-hydrogen) atoms. The van der Waals surface area contributed by atoms with Crippen molar-refractivity contribution in [1.29, 1.82) is 0 Å². The molecule has 0 unspecified atom stereocenters. The molecule has 8 heteroatoms. The van der Waals surface area contributed by atoms with Crippen LogP contribution in [0.2, 0.25) is 0 Å². The summed E-state index contributed by atoms with van der Waals surface area (Å²) in [6, 6.07) is 7.02. The van der Waals surface area contributed by atoms with E-state index in [-0.39, 0.29) is 12.8 Å². The lowest BCUT2D eigenvalue weighted by atomic mass is 9.77. The molecular weight excluding hydrogens is 416 g/mol. The van der Waals surface area contributed by atoms with Crippen molar-refractivity contribution in [2.75, 3.05) is 42.7 Å². The van der Waals surface area contributed by atoms with Gasteiger partial charge in [0.2, 0.25) is 11.5 Å². The van der Waals surface area contributed by atoms with Crippen LogP contribution in [-0.4, -0.2) is 64.1 Å². The number of methoxy groups -OCH3 is 6. The molecule has 0 heterocycles. The fourth-order valence-electron chi connectivity index (χ4n) is 3.65. The molecule has 0 amide bonds. The van der Waals surface area contributed by atoms with Crippen LogP contribution < -0.4 is 28.4 Å². The van der Waals surface area contributed by atoms with E-state index in [1.807, 2.05) is 0 Å². The van der Waals surface area contributed by atoms with E-state index in [0.717, 1.165) is 11.1 Å². The van der Waals surface area contributed by atoms with Crippen molar-refractivity contribution in [2.24, 2.45) is 0 Å². The topological polar surface area (TPSA) is 95.8 Å². The molecule has 2 atom stereocenters. The monoisotopic (exact) mass is 450 g/mol. The normalized spacial score (nSPS) is 14.7. The number of hydrogen-bond donors (Lipinski definition) is 2. The standard InChI is InChI=1S/C24H34O8/c1-23(25,13-15-9-17(27-3)21(31-7)18(10-15)28-4)24(2,26)14-16-11-19(29-5)22(32-8)20(12-16)30-6/h9-12,25-26H,13-14H2,1-8H3/t23-,24-/m1/s1. The molecule has 0 aliphatic rings. The molecule has 178 valence electrons. The zero-order valence-corrected chi connectivity index (χ0v) is 20.1. The van der Waals surface area contributed by atoms with Gasteiger partial charge in [0.25, 0.3) is 0 Å². The highest BCUT2D eigenvalue weighted by molar-refractivity contribution is 5.55. The zero-order valence-electron chi connectivity index (χ0n) is 20.1. The fraction of sp³-hybridized carbons (Fsp3) is 0.500. The van der Waals surface area contributed by atoms with Crippen molar-refractivity contribution in [3.63, 3.8) is 0 Å². The highest BCUT2D eigenvalue weighted by atomic mass is 16.5. The van der Waals surface area contributed by atoms with Gasteiger partial charge in [0.05, 0.1) is 53.9 Å². The van der Waals surface area contributed by atoms with Gasteiger partial charge in [-0.3, -0.25) is 0 Å². The highest BCUT2D eigenvalue weighted by Gasteiger charge is 2.42. The lowest BCUT2D eigenvalue weighted by Gasteiger charge is -2.39. The van der Waals surface area contributed by atoms with Gasteiger partial charge in [0.1, 0.15) is 0 Å². The maximum Gasteiger partial charge on any atom is 0.203 e. The van der Waals surface area contributed by atoms with Gasteiger partial charge in [0, 0.05) is 12.8 Å². The molecule has 0 fully saturated rings. The van der Waals surface area contributed by atoms with Crippen LogP contribution in [0.4, 0.5) is 0 Å². The van der Waals surface area contributed by atoms with E-state index in [1.54, 1.807) is 38.1 Å². The summed E-state index contributed by atoms with van der Waals surface area (Å²) in [5.74, 6) is 2.82. The van der Waals surface area contributed by atoms with E-state index in [1.165, 1.54) is 42.7 Å². The van der Waals surface area contributed by atoms with Gasteiger partial charge in [-0.2, -0.15) is 0 Å². The highest BCUT2D eigenvalue weighted by Crippen LogP contribution is 2.42. The molecule has 0 aliphatic heterocycles. The molecular formula is C24H34O8. The predicted octanol–water partition coefficient (Wildman–Crippen LogP) is 3.03. The molecule has 0 saturated carbocycles. The minimum atomic E-state index is -1.50. The molecule has 2 rings (SSSR count). The second kappa shape index (κ2) is 10.2. The van der Waals surface area contributed by atoms with Crippen molar-refractivity contribution in [1.82, 2.24) is 0 Å². The first-order valence-corrected chi connectivity index (χ1v) is 10.1. The van der Waals surface area contributed by atoms with E-state index < -0.39 is 11.2 Å². The molecule has 2 aromatic rings. The van der Waals surface area contributed by atoms with E-state index >= 15 is 0 Å². The Hall–Kier alpha value is -2.84. The van der Waals surface area contributed by atoms with Crippen LogP contribution in [0.5, 0.6) is 34.5 Å². The van der Waals surface area contributed by atoms with E-state index in [0.29, 0.717) is 34.5 Å². The number of rotatable bonds is 11. The van der Waals surface area contributed by atoms with E-state index in [4.69, 9.17) is 28.4 Å². The summed E-state index contributed by atoms with van der Waals surface area (Å²) in [7, 11) is 9.16. The fourth-order valence-corrected chi connectivity index (χ4v) is 3.65. The van der Waals surface area contributed by atoms with Crippen molar-refractivity contribution >= 4 is 0 Å². The van der Waals surface area contributed by atoms with Gasteiger partial charge in [0.15, 0.2) is 23.0 Å². The molecule has 0 aliphatic carbocycles. The largest absolute Gasteiger partial charge is 0.493 e. The summed E-state index contributed by atoms with van der Waals surface area (Å²) in [5, 5.41) is 22.6. The first-order chi connectivity index (χ1) is 15.1. The summed E-state index contributed by atoms with van der Waals surface area (Å²) >= 11 is 0. The van der Waals surface area contributed by atoms with Gasteiger partial charge >= 0.3 is 0 Å². The van der Waals surface area contributed by atoms with E-state index in [9.17, 15) is 10.2 Å².